The summed E-state index contributed by atoms with van der Waals surface area (Å²) in [5.41, 5.74) is 3.49. The van der Waals surface area contributed by atoms with E-state index >= 15 is 0 Å². The average Bonchev–Trinajstić information content (AvgIpc) is 3.41. The Hall–Kier alpha value is -3.82. The molecule has 2 aliphatic heterocycles. The van der Waals surface area contributed by atoms with E-state index in [1.807, 2.05) is 42.5 Å². The van der Waals surface area contributed by atoms with Crippen LogP contribution in [0.5, 0.6) is 5.75 Å². The number of rotatable bonds is 13. The first kappa shape index (κ1) is 33.5. The zero-order valence-corrected chi connectivity index (χ0v) is 26.8. The Bertz CT molecular complexity index is 1480. The Morgan fingerprint density at radius 3 is 2.39 bits per heavy atom. The molecule has 46 heavy (non-hydrogen) atoms. The maximum absolute atomic E-state index is 14.2. The molecule has 9 heteroatoms. The van der Waals surface area contributed by atoms with Crippen LogP contribution in [-0.4, -0.2) is 64.7 Å². The van der Waals surface area contributed by atoms with Gasteiger partial charge in [-0.25, -0.2) is 13.6 Å². The van der Waals surface area contributed by atoms with Crippen molar-refractivity contribution in [1.82, 2.24) is 9.80 Å². The van der Waals surface area contributed by atoms with Crippen molar-refractivity contribution >= 4 is 11.9 Å². The molecule has 0 aliphatic carbocycles. The molecule has 3 aromatic carbocycles. The molecule has 5 rings (SSSR count). The summed E-state index contributed by atoms with van der Waals surface area (Å²) in [6.45, 7) is 5.24. The number of halogens is 2. The molecule has 0 radical (unpaired) electrons. The van der Waals surface area contributed by atoms with Crippen molar-refractivity contribution in [2.24, 2.45) is 5.92 Å². The van der Waals surface area contributed by atoms with Crippen molar-refractivity contribution in [3.05, 3.63) is 101 Å². The van der Waals surface area contributed by atoms with E-state index in [2.05, 4.69) is 17.9 Å². The average molecular weight is 635 g/mol. The van der Waals surface area contributed by atoms with Gasteiger partial charge in [0.15, 0.2) is 0 Å². The Kier molecular flexibility index (Phi) is 11.1. The summed E-state index contributed by atoms with van der Waals surface area (Å²) in [6.07, 6.45) is 1.45. The number of benzene rings is 3. The van der Waals surface area contributed by atoms with Crippen LogP contribution in [0.2, 0.25) is 0 Å². The Morgan fingerprint density at radius 1 is 1.02 bits per heavy atom. The van der Waals surface area contributed by atoms with Gasteiger partial charge >= 0.3 is 5.97 Å². The summed E-state index contributed by atoms with van der Waals surface area (Å²) in [5.74, 6) is -1.59. The van der Waals surface area contributed by atoms with Gasteiger partial charge in [-0.15, -0.1) is 0 Å². The zero-order chi connectivity index (χ0) is 32.8. The predicted octanol–water partition coefficient (Wildman–Crippen LogP) is 5.84. The summed E-state index contributed by atoms with van der Waals surface area (Å²) in [5, 5.41) is 12.1. The van der Waals surface area contributed by atoms with Gasteiger partial charge in [0.2, 0.25) is 5.91 Å². The summed E-state index contributed by atoms with van der Waals surface area (Å²) in [4.78, 5) is 30.5. The lowest BCUT2D eigenvalue weighted by Crippen LogP contribution is -2.54. The SMILES string of the molecule is CCCC[C@H]1CCN([C@@H](C)C(=O)O[C@@H](Cc2cc(F)cc(F)c2)[C@H](O)[C@H]2Cc3ccccc3CN2Cc2ccc(OC)cc2)C1=O. The van der Waals surface area contributed by atoms with Crippen molar-refractivity contribution in [2.45, 2.75) is 89.8 Å². The quantitative estimate of drug-likeness (QED) is 0.238. The van der Waals surface area contributed by atoms with Gasteiger partial charge in [-0.2, -0.15) is 0 Å². The van der Waals surface area contributed by atoms with E-state index in [0.29, 0.717) is 32.5 Å². The number of methoxy groups -OCH3 is 1. The molecule has 0 aromatic heterocycles. The fraction of sp³-hybridized carbons (Fsp3) is 0.459. The molecule has 0 unspecified atom stereocenters. The number of esters is 1. The van der Waals surface area contributed by atoms with Crippen molar-refractivity contribution < 1.29 is 33.0 Å². The molecular formula is C37H44F2N2O5. The van der Waals surface area contributed by atoms with E-state index in [-0.39, 0.29) is 23.8 Å². The number of hydrogen-bond acceptors (Lipinski definition) is 6. The van der Waals surface area contributed by atoms with Crippen molar-refractivity contribution in [2.75, 3.05) is 13.7 Å². The molecule has 2 heterocycles. The summed E-state index contributed by atoms with van der Waals surface area (Å²) >= 11 is 0. The fourth-order valence-electron chi connectivity index (χ4n) is 6.76. The van der Waals surface area contributed by atoms with Crippen molar-refractivity contribution in [3.63, 3.8) is 0 Å². The van der Waals surface area contributed by atoms with E-state index < -0.39 is 41.9 Å². The van der Waals surface area contributed by atoms with E-state index in [4.69, 9.17) is 9.47 Å². The Balaban J connectivity index is 1.41. The van der Waals surface area contributed by atoms with Gasteiger partial charge in [-0.3, -0.25) is 9.69 Å². The lowest BCUT2D eigenvalue weighted by molar-refractivity contribution is -0.166. The molecule has 0 spiro atoms. The first-order valence-corrected chi connectivity index (χ1v) is 16.2. The molecule has 7 nitrogen and oxygen atoms in total. The van der Waals surface area contributed by atoms with Gasteiger partial charge in [-0.05, 0) is 72.7 Å². The first-order valence-electron chi connectivity index (χ1n) is 16.2. The van der Waals surface area contributed by atoms with Crippen LogP contribution in [0.4, 0.5) is 8.78 Å². The lowest BCUT2D eigenvalue weighted by Gasteiger charge is -2.42. The predicted molar refractivity (Wildman–Crippen MR) is 171 cm³/mol. The highest BCUT2D eigenvalue weighted by Gasteiger charge is 2.41. The van der Waals surface area contributed by atoms with Crippen LogP contribution < -0.4 is 4.74 Å². The number of aliphatic hydroxyl groups is 1. The number of hydrogen-bond donors (Lipinski definition) is 1. The van der Waals surface area contributed by atoms with Crippen LogP contribution in [0.15, 0.2) is 66.7 Å². The number of unbranched alkanes of at least 4 members (excludes halogenated alkanes) is 1. The highest BCUT2D eigenvalue weighted by Crippen LogP contribution is 2.31. The summed E-state index contributed by atoms with van der Waals surface area (Å²) < 4.78 is 39.8. The number of carbonyl (C=O) groups is 2. The fourth-order valence-corrected chi connectivity index (χ4v) is 6.76. The number of carbonyl (C=O) groups excluding carboxylic acids is 2. The van der Waals surface area contributed by atoms with Crippen LogP contribution in [0, 0.1) is 17.6 Å². The molecule has 5 atom stereocenters. The largest absolute Gasteiger partial charge is 0.497 e. The van der Waals surface area contributed by atoms with E-state index in [1.165, 1.54) is 12.1 Å². The molecular weight excluding hydrogens is 590 g/mol. The Morgan fingerprint density at radius 2 is 1.72 bits per heavy atom. The van der Waals surface area contributed by atoms with Gasteiger partial charge in [-0.1, -0.05) is 56.2 Å². The van der Waals surface area contributed by atoms with Crippen molar-refractivity contribution in [3.8, 4) is 5.75 Å². The Labute approximate surface area is 270 Å². The molecule has 2 aliphatic rings. The second-order valence-corrected chi connectivity index (χ2v) is 12.6. The lowest BCUT2D eigenvalue weighted by atomic mass is 9.87. The smallest absolute Gasteiger partial charge is 0.328 e. The second kappa shape index (κ2) is 15.2. The minimum Gasteiger partial charge on any atom is -0.497 e. The molecule has 1 fully saturated rings. The molecule has 1 amide bonds. The third-order valence-electron chi connectivity index (χ3n) is 9.40. The second-order valence-electron chi connectivity index (χ2n) is 12.6. The summed E-state index contributed by atoms with van der Waals surface area (Å²) in [7, 11) is 1.61. The molecule has 0 bridgehead atoms. The molecule has 3 aromatic rings. The van der Waals surface area contributed by atoms with Crippen LogP contribution in [0.1, 0.15) is 61.8 Å². The van der Waals surface area contributed by atoms with Gasteiger partial charge in [0, 0.05) is 44.1 Å². The minimum absolute atomic E-state index is 0.0586. The van der Waals surface area contributed by atoms with Crippen molar-refractivity contribution in [1.29, 1.82) is 0 Å². The van der Waals surface area contributed by atoms with Gasteiger partial charge in [0.25, 0.3) is 0 Å². The number of aliphatic hydroxyl groups excluding tert-OH is 1. The standard InChI is InChI=1S/C37H44F2N2O5/c1-4-5-8-27-15-16-41(36(27)43)24(2)37(44)46-34(19-26-17-30(38)21-31(39)18-26)35(42)33-20-28-9-6-7-10-29(28)23-40(33)22-25-11-13-32(45-3)14-12-25/h6-7,9-14,17-18,21,24,27,33-35,42H,4-5,8,15-16,19-20,22-23H2,1-3H3/t24-,27-,33+,34-,35+/m0/s1. The third-order valence-corrected chi connectivity index (χ3v) is 9.40. The number of amides is 1. The number of ether oxygens (including phenoxy) is 2. The minimum atomic E-state index is -1.21. The molecule has 246 valence electrons. The number of fused-ring (bicyclic) bond motifs is 1. The van der Waals surface area contributed by atoms with E-state index in [0.717, 1.165) is 47.8 Å². The van der Waals surface area contributed by atoms with Gasteiger partial charge in [0.05, 0.1) is 7.11 Å². The van der Waals surface area contributed by atoms with Gasteiger partial charge < -0.3 is 19.5 Å². The first-order chi connectivity index (χ1) is 22.2. The maximum atomic E-state index is 14.2. The topological polar surface area (TPSA) is 79.3 Å². The van der Waals surface area contributed by atoms with Crippen LogP contribution in [0.25, 0.3) is 0 Å². The van der Waals surface area contributed by atoms with Crippen LogP contribution in [-0.2, 0) is 40.3 Å². The monoisotopic (exact) mass is 634 g/mol. The zero-order valence-electron chi connectivity index (χ0n) is 26.8. The van der Waals surface area contributed by atoms with Crippen LogP contribution in [0.3, 0.4) is 0 Å². The third kappa shape index (κ3) is 7.93. The molecule has 1 saturated heterocycles. The maximum Gasteiger partial charge on any atom is 0.328 e. The normalized spacial score (nSPS) is 20.2. The summed E-state index contributed by atoms with van der Waals surface area (Å²) in [6, 6.07) is 17.6. The number of nitrogens with zero attached hydrogens (tertiary/aromatic N) is 2. The highest BCUT2D eigenvalue weighted by atomic mass is 19.1. The van der Waals surface area contributed by atoms with Crippen LogP contribution >= 0.6 is 0 Å². The van der Waals surface area contributed by atoms with Gasteiger partial charge in [0.1, 0.15) is 35.6 Å². The highest BCUT2D eigenvalue weighted by molar-refractivity contribution is 5.87. The van der Waals surface area contributed by atoms with E-state index in [9.17, 15) is 23.5 Å². The number of likely N-dealkylation sites (tertiary alicyclic amines) is 1. The van der Waals surface area contributed by atoms with E-state index in [1.54, 1.807) is 18.9 Å². The molecule has 1 N–H and O–H groups in total. The molecule has 0 saturated carbocycles.